The number of benzene rings is 1. The number of hydrogen-bond donors (Lipinski definition) is 1. The average Bonchev–Trinajstić information content (AvgIpc) is 3.15. The molecule has 1 N–H and O–H groups in total. The van der Waals surface area contributed by atoms with Crippen LogP contribution >= 0.6 is 12.4 Å². The van der Waals surface area contributed by atoms with E-state index in [1.165, 1.54) is 12.8 Å². The fourth-order valence-corrected chi connectivity index (χ4v) is 5.86. The standard InChI is InChI=1S/C19H25N3O2S.ClH/c1-14-12-16-4-2-6-18(19(16)21-13-14)25(23,24)22-10-7-15(8-11-22)17-5-3-9-20-17;/h2,4,6,12-13,15,17,20H,3,5,7-11H2,1H3;1H. The zero-order valence-electron chi connectivity index (χ0n) is 15.0. The Kier molecular flexibility index (Phi) is 5.87. The van der Waals surface area contributed by atoms with Crippen LogP contribution in [0.5, 0.6) is 0 Å². The summed E-state index contributed by atoms with van der Waals surface area (Å²) in [5.74, 6) is 0.599. The Morgan fingerprint density at radius 2 is 1.96 bits per heavy atom. The highest BCUT2D eigenvalue weighted by atomic mass is 35.5. The van der Waals surface area contributed by atoms with E-state index in [1.807, 2.05) is 25.1 Å². The highest BCUT2D eigenvalue weighted by molar-refractivity contribution is 7.89. The molecule has 2 aromatic rings. The normalized spacial score (nSPS) is 22.4. The number of aryl methyl sites for hydroxylation is 1. The minimum atomic E-state index is -3.50. The molecule has 2 aliphatic heterocycles. The second kappa shape index (κ2) is 7.80. The third kappa shape index (κ3) is 3.60. The minimum absolute atomic E-state index is 0. The van der Waals surface area contributed by atoms with Crippen molar-refractivity contribution in [2.45, 2.75) is 43.5 Å². The van der Waals surface area contributed by atoms with Gasteiger partial charge in [0.05, 0.1) is 5.52 Å². The van der Waals surface area contributed by atoms with E-state index in [2.05, 4.69) is 10.3 Å². The van der Waals surface area contributed by atoms with Gasteiger partial charge in [-0.05, 0) is 62.8 Å². The van der Waals surface area contributed by atoms with E-state index < -0.39 is 10.0 Å². The first kappa shape index (κ1) is 19.5. The second-order valence-electron chi connectivity index (χ2n) is 7.28. The van der Waals surface area contributed by atoms with E-state index in [-0.39, 0.29) is 12.4 Å². The Bertz CT molecular complexity index is 873. The predicted molar refractivity (Wildman–Crippen MR) is 106 cm³/mol. The van der Waals surface area contributed by atoms with Gasteiger partial charge in [0.1, 0.15) is 4.90 Å². The van der Waals surface area contributed by atoms with Crippen molar-refractivity contribution in [2.75, 3.05) is 19.6 Å². The van der Waals surface area contributed by atoms with Crippen molar-refractivity contribution >= 4 is 33.3 Å². The van der Waals surface area contributed by atoms with E-state index >= 15 is 0 Å². The molecule has 2 aliphatic rings. The highest BCUT2D eigenvalue weighted by Crippen LogP contribution is 2.30. The number of rotatable bonds is 3. The van der Waals surface area contributed by atoms with Crippen LogP contribution < -0.4 is 5.32 Å². The summed E-state index contributed by atoms with van der Waals surface area (Å²) in [5, 5.41) is 4.44. The number of piperidine rings is 1. The maximum Gasteiger partial charge on any atom is 0.245 e. The zero-order chi connectivity index (χ0) is 17.4. The number of nitrogens with one attached hydrogen (secondary N) is 1. The van der Waals surface area contributed by atoms with Gasteiger partial charge in [-0.15, -0.1) is 12.4 Å². The molecule has 5 nitrogen and oxygen atoms in total. The molecule has 0 saturated carbocycles. The molecule has 1 aromatic heterocycles. The van der Waals surface area contributed by atoms with Crippen LogP contribution in [-0.2, 0) is 10.0 Å². The number of nitrogens with zero attached hydrogens (tertiary/aromatic N) is 2. The summed E-state index contributed by atoms with van der Waals surface area (Å²) in [4.78, 5) is 4.74. The van der Waals surface area contributed by atoms with Crippen molar-refractivity contribution in [3.8, 4) is 0 Å². The summed E-state index contributed by atoms with van der Waals surface area (Å²) in [6, 6.07) is 7.98. The van der Waals surface area contributed by atoms with Gasteiger partial charge >= 0.3 is 0 Å². The van der Waals surface area contributed by atoms with Crippen LogP contribution in [0.1, 0.15) is 31.2 Å². The molecule has 0 bridgehead atoms. The highest BCUT2D eigenvalue weighted by Gasteiger charge is 2.34. The zero-order valence-corrected chi connectivity index (χ0v) is 16.7. The van der Waals surface area contributed by atoms with E-state index in [9.17, 15) is 8.42 Å². The number of pyridine rings is 1. The quantitative estimate of drug-likeness (QED) is 0.867. The maximum atomic E-state index is 13.2. The molecule has 0 amide bonds. The maximum absolute atomic E-state index is 13.2. The summed E-state index contributed by atoms with van der Waals surface area (Å²) >= 11 is 0. The second-order valence-corrected chi connectivity index (χ2v) is 9.19. The van der Waals surface area contributed by atoms with Gasteiger partial charge in [0.25, 0.3) is 0 Å². The third-order valence-corrected chi connectivity index (χ3v) is 7.52. The van der Waals surface area contributed by atoms with Crippen molar-refractivity contribution in [3.63, 3.8) is 0 Å². The van der Waals surface area contributed by atoms with Gasteiger partial charge in [-0.25, -0.2) is 8.42 Å². The molecule has 1 aromatic carbocycles. The van der Waals surface area contributed by atoms with Gasteiger partial charge in [-0.3, -0.25) is 4.98 Å². The average molecular weight is 396 g/mol. The molecule has 2 fully saturated rings. The molecule has 0 spiro atoms. The van der Waals surface area contributed by atoms with Crippen LogP contribution in [0.15, 0.2) is 35.4 Å². The van der Waals surface area contributed by atoms with E-state index in [1.54, 1.807) is 16.6 Å². The van der Waals surface area contributed by atoms with Crippen LogP contribution in [0.2, 0.25) is 0 Å². The molecule has 4 rings (SSSR count). The first-order valence-corrected chi connectivity index (χ1v) is 10.6. The Morgan fingerprint density at radius 3 is 2.65 bits per heavy atom. The van der Waals surface area contributed by atoms with E-state index in [0.717, 1.165) is 30.3 Å². The summed E-state index contributed by atoms with van der Waals surface area (Å²) in [5.41, 5.74) is 1.61. The topological polar surface area (TPSA) is 62.3 Å². The monoisotopic (exact) mass is 395 g/mol. The molecule has 7 heteroatoms. The lowest BCUT2D eigenvalue weighted by molar-refractivity contribution is 0.234. The lowest BCUT2D eigenvalue weighted by Crippen LogP contribution is -2.43. The van der Waals surface area contributed by atoms with Gasteiger partial charge in [-0.2, -0.15) is 4.31 Å². The molecule has 0 radical (unpaired) electrons. The number of aromatic nitrogens is 1. The Labute approximate surface area is 161 Å². The summed E-state index contributed by atoms with van der Waals surface area (Å²) in [6.07, 6.45) is 6.08. The van der Waals surface area contributed by atoms with Gasteiger partial charge in [-0.1, -0.05) is 12.1 Å². The van der Waals surface area contributed by atoms with Gasteiger partial charge in [0.2, 0.25) is 10.0 Å². The van der Waals surface area contributed by atoms with Crippen molar-refractivity contribution in [2.24, 2.45) is 5.92 Å². The fourth-order valence-electron chi connectivity index (χ4n) is 4.22. The van der Waals surface area contributed by atoms with E-state index in [0.29, 0.717) is 35.5 Å². The summed E-state index contributed by atoms with van der Waals surface area (Å²) in [6.45, 7) is 4.28. The number of sulfonamides is 1. The molecular formula is C19H26ClN3O2S. The molecule has 142 valence electrons. The SMILES string of the molecule is Cc1cnc2c(S(=O)(=O)N3CCC(C4CCCN4)CC3)cccc2c1.Cl. The fraction of sp³-hybridized carbons (Fsp3) is 0.526. The minimum Gasteiger partial charge on any atom is -0.314 e. The third-order valence-electron chi connectivity index (χ3n) is 5.59. The van der Waals surface area contributed by atoms with Crippen LogP contribution in [0, 0.1) is 12.8 Å². The smallest absolute Gasteiger partial charge is 0.245 e. The molecule has 1 unspecified atom stereocenters. The number of para-hydroxylation sites is 1. The predicted octanol–water partition coefficient (Wildman–Crippen LogP) is 3.12. The summed E-state index contributed by atoms with van der Waals surface area (Å²) < 4.78 is 28.0. The number of fused-ring (bicyclic) bond motifs is 1. The molecule has 1 atom stereocenters. The van der Waals surface area contributed by atoms with Crippen LogP contribution in [0.25, 0.3) is 10.9 Å². The molecular weight excluding hydrogens is 370 g/mol. The largest absolute Gasteiger partial charge is 0.314 e. The van der Waals surface area contributed by atoms with Crippen LogP contribution in [0.3, 0.4) is 0 Å². The number of halogens is 1. The number of hydrogen-bond acceptors (Lipinski definition) is 4. The first-order valence-electron chi connectivity index (χ1n) is 9.14. The lowest BCUT2D eigenvalue weighted by Gasteiger charge is -2.34. The van der Waals surface area contributed by atoms with Crippen molar-refractivity contribution in [1.29, 1.82) is 0 Å². The lowest BCUT2D eigenvalue weighted by atomic mass is 9.89. The Morgan fingerprint density at radius 1 is 1.19 bits per heavy atom. The first-order chi connectivity index (χ1) is 12.1. The summed E-state index contributed by atoms with van der Waals surface area (Å²) in [7, 11) is -3.50. The molecule has 0 aliphatic carbocycles. The molecule has 2 saturated heterocycles. The van der Waals surface area contributed by atoms with Crippen LogP contribution in [0.4, 0.5) is 0 Å². The van der Waals surface area contributed by atoms with Gasteiger partial charge in [0, 0.05) is 30.7 Å². The van der Waals surface area contributed by atoms with Crippen molar-refractivity contribution in [3.05, 3.63) is 36.0 Å². The van der Waals surface area contributed by atoms with E-state index in [4.69, 9.17) is 0 Å². The molecule has 3 heterocycles. The van der Waals surface area contributed by atoms with Crippen molar-refractivity contribution < 1.29 is 8.42 Å². The van der Waals surface area contributed by atoms with Gasteiger partial charge in [0.15, 0.2) is 0 Å². The Hall–Kier alpha value is -1.21. The molecule has 26 heavy (non-hydrogen) atoms. The van der Waals surface area contributed by atoms with Crippen LogP contribution in [-0.4, -0.2) is 43.4 Å². The van der Waals surface area contributed by atoms with Gasteiger partial charge < -0.3 is 5.32 Å². The Balaban J connectivity index is 0.00000196. The van der Waals surface area contributed by atoms with Crippen molar-refractivity contribution in [1.82, 2.24) is 14.6 Å².